The number of ether oxygens (including phenoxy) is 4. The lowest BCUT2D eigenvalue weighted by molar-refractivity contribution is -0.384. The molecule has 4 rings (SSSR count). The smallest absolute Gasteiger partial charge is 0.473 e. The minimum absolute atomic E-state index is 0.105. The molecule has 13 heteroatoms. The highest BCUT2D eigenvalue weighted by molar-refractivity contribution is 5.65. The van der Waals surface area contributed by atoms with E-state index in [1.54, 1.807) is 31.0 Å². The number of aryl methyl sites for hydroxylation is 2. The van der Waals surface area contributed by atoms with Gasteiger partial charge in [-0.15, -0.1) is 0 Å². The summed E-state index contributed by atoms with van der Waals surface area (Å²) in [5, 5.41) is 15.0. The van der Waals surface area contributed by atoms with Gasteiger partial charge in [0.2, 0.25) is 5.88 Å². The molecular weight excluding hydrogens is 498 g/mol. The Balaban J connectivity index is 0.000000732. The maximum absolute atomic E-state index is 12.1. The van der Waals surface area contributed by atoms with E-state index in [1.807, 2.05) is 6.92 Å². The standard InChI is InChI=1S/C22H23N5O6.C3H6O2/c1-14-21(32-16-5-3-4-6-16)23-12-19(25-14)18-11-24-26(2)20(18)13-31-22(28)33-17-9-7-15(8-10-17)27(29)30;1-2-5-3-4/h7-12,16H,3-6,13H2,1-2H3;3H,2H2,1H3. The lowest BCUT2D eigenvalue weighted by Gasteiger charge is -2.14. The van der Waals surface area contributed by atoms with Crippen LogP contribution in [-0.2, 0) is 27.9 Å². The van der Waals surface area contributed by atoms with Crippen molar-refractivity contribution >= 4 is 18.3 Å². The average Bonchev–Trinajstić information content (AvgIpc) is 3.55. The van der Waals surface area contributed by atoms with E-state index in [0.717, 1.165) is 12.8 Å². The van der Waals surface area contributed by atoms with Crippen LogP contribution in [0.25, 0.3) is 11.3 Å². The molecule has 0 atom stereocenters. The van der Waals surface area contributed by atoms with Gasteiger partial charge in [-0.05, 0) is 51.7 Å². The van der Waals surface area contributed by atoms with Crippen LogP contribution in [0.15, 0.2) is 36.7 Å². The second-order valence-corrected chi connectivity index (χ2v) is 8.24. The summed E-state index contributed by atoms with van der Waals surface area (Å²) in [4.78, 5) is 40.5. The number of nitro groups is 1. The van der Waals surface area contributed by atoms with Crippen molar-refractivity contribution in [2.45, 2.75) is 52.2 Å². The van der Waals surface area contributed by atoms with E-state index in [0.29, 0.717) is 41.6 Å². The number of nitrogens with zero attached hydrogens (tertiary/aromatic N) is 5. The van der Waals surface area contributed by atoms with Crippen molar-refractivity contribution in [3.63, 3.8) is 0 Å². The minimum Gasteiger partial charge on any atom is -0.473 e. The van der Waals surface area contributed by atoms with Crippen LogP contribution in [-0.4, -0.2) is 50.0 Å². The molecule has 38 heavy (non-hydrogen) atoms. The number of hydrogen-bond donors (Lipinski definition) is 0. The Hall–Kier alpha value is -4.55. The van der Waals surface area contributed by atoms with Crippen molar-refractivity contribution in [3.05, 3.63) is 58.2 Å². The predicted octanol–water partition coefficient (Wildman–Crippen LogP) is 4.31. The topological polar surface area (TPSA) is 158 Å². The van der Waals surface area contributed by atoms with Gasteiger partial charge < -0.3 is 18.9 Å². The van der Waals surface area contributed by atoms with Crippen LogP contribution >= 0.6 is 0 Å². The SMILES string of the molecule is CCOC=O.Cc1nc(-c2cnn(C)c2COC(=O)Oc2ccc([N+](=O)[O-])cc2)cnc1OC1CCCC1. The molecule has 1 aliphatic carbocycles. The number of nitro benzene ring substituents is 1. The van der Waals surface area contributed by atoms with E-state index < -0.39 is 11.1 Å². The van der Waals surface area contributed by atoms with Gasteiger partial charge in [-0.2, -0.15) is 5.10 Å². The highest BCUT2D eigenvalue weighted by atomic mass is 16.7. The molecule has 0 saturated heterocycles. The Bertz CT molecular complexity index is 1240. The Morgan fingerprint density at radius 3 is 2.50 bits per heavy atom. The highest BCUT2D eigenvalue weighted by Gasteiger charge is 2.20. The number of carbonyl (C=O) groups excluding carboxylic acids is 2. The molecule has 1 aliphatic rings. The fourth-order valence-electron chi connectivity index (χ4n) is 3.69. The molecule has 0 spiro atoms. The van der Waals surface area contributed by atoms with Gasteiger partial charge in [0.1, 0.15) is 24.2 Å². The van der Waals surface area contributed by atoms with Crippen molar-refractivity contribution in [2.24, 2.45) is 7.05 Å². The van der Waals surface area contributed by atoms with Gasteiger partial charge in [-0.3, -0.25) is 19.6 Å². The molecule has 0 radical (unpaired) electrons. The number of benzene rings is 1. The zero-order valence-corrected chi connectivity index (χ0v) is 21.4. The second-order valence-electron chi connectivity index (χ2n) is 8.24. The van der Waals surface area contributed by atoms with Crippen molar-refractivity contribution < 1.29 is 33.5 Å². The monoisotopic (exact) mass is 527 g/mol. The zero-order chi connectivity index (χ0) is 27.5. The Kier molecular flexibility index (Phi) is 10.1. The number of hydrogen-bond acceptors (Lipinski definition) is 11. The van der Waals surface area contributed by atoms with Gasteiger partial charge in [0.15, 0.2) is 0 Å². The number of non-ortho nitro benzene ring substituents is 1. The first-order chi connectivity index (χ1) is 18.3. The Morgan fingerprint density at radius 2 is 1.92 bits per heavy atom. The summed E-state index contributed by atoms with van der Waals surface area (Å²) in [6.07, 6.45) is 6.88. The van der Waals surface area contributed by atoms with Crippen LogP contribution in [0.3, 0.4) is 0 Å². The Labute approximate surface area is 218 Å². The third-order valence-corrected chi connectivity index (χ3v) is 5.63. The molecule has 202 valence electrons. The molecule has 1 aromatic carbocycles. The first-order valence-corrected chi connectivity index (χ1v) is 12.0. The molecule has 0 aliphatic heterocycles. The maximum Gasteiger partial charge on any atom is 0.514 e. The highest BCUT2D eigenvalue weighted by Crippen LogP contribution is 2.27. The molecule has 1 saturated carbocycles. The van der Waals surface area contributed by atoms with Crippen LogP contribution in [0, 0.1) is 17.0 Å². The summed E-state index contributed by atoms with van der Waals surface area (Å²) >= 11 is 0. The molecule has 0 bridgehead atoms. The molecule has 13 nitrogen and oxygen atoms in total. The van der Waals surface area contributed by atoms with E-state index in [4.69, 9.17) is 14.2 Å². The van der Waals surface area contributed by atoms with Crippen molar-refractivity contribution in [1.82, 2.24) is 19.7 Å². The van der Waals surface area contributed by atoms with Crippen LogP contribution in [0.1, 0.15) is 44.0 Å². The summed E-state index contributed by atoms with van der Waals surface area (Å²) in [6.45, 7) is 4.39. The minimum atomic E-state index is -0.946. The summed E-state index contributed by atoms with van der Waals surface area (Å²) in [5.41, 5.74) is 2.43. The van der Waals surface area contributed by atoms with Crippen LogP contribution in [0.4, 0.5) is 10.5 Å². The lowest BCUT2D eigenvalue weighted by atomic mass is 10.2. The molecule has 3 aromatic rings. The second kappa shape index (κ2) is 13.7. The average molecular weight is 528 g/mol. The fraction of sp³-hybridized carbons (Fsp3) is 0.400. The molecule has 0 amide bonds. The van der Waals surface area contributed by atoms with Crippen LogP contribution in [0.5, 0.6) is 11.6 Å². The van der Waals surface area contributed by atoms with E-state index >= 15 is 0 Å². The molecule has 2 heterocycles. The van der Waals surface area contributed by atoms with Gasteiger partial charge in [-0.25, -0.2) is 14.8 Å². The normalized spacial score (nSPS) is 12.7. The first kappa shape index (κ1) is 28.0. The van der Waals surface area contributed by atoms with Crippen molar-refractivity contribution in [1.29, 1.82) is 0 Å². The van der Waals surface area contributed by atoms with Crippen LogP contribution < -0.4 is 9.47 Å². The predicted molar refractivity (Wildman–Crippen MR) is 133 cm³/mol. The fourth-order valence-corrected chi connectivity index (χ4v) is 3.69. The summed E-state index contributed by atoms with van der Waals surface area (Å²) in [6, 6.07) is 5.12. The number of carbonyl (C=O) groups is 2. The third kappa shape index (κ3) is 7.72. The van der Waals surface area contributed by atoms with E-state index in [9.17, 15) is 19.7 Å². The first-order valence-electron chi connectivity index (χ1n) is 12.0. The molecule has 0 unspecified atom stereocenters. The van der Waals surface area contributed by atoms with E-state index in [1.165, 1.54) is 37.1 Å². The molecular formula is C25H29N5O8. The quantitative estimate of drug-likeness (QED) is 0.128. The van der Waals surface area contributed by atoms with Gasteiger partial charge in [0.05, 0.1) is 35.3 Å². The van der Waals surface area contributed by atoms with Gasteiger partial charge in [0, 0.05) is 24.7 Å². The number of aromatic nitrogens is 4. The van der Waals surface area contributed by atoms with Crippen LogP contribution in [0.2, 0.25) is 0 Å². The molecule has 1 fully saturated rings. The van der Waals surface area contributed by atoms with Gasteiger partial charge in [0.25, 0.3) is 12.2 Å². The maximum atomic E-state index is 12.1. The van der Waals surface area contributed by atoms with Gasteiger partial charge in [-0.1, -0.05) is 0 Å². The largest absolute Gasteiger partial charge is 0.514 e. The lowest BCUT2D eigenvalue weighted by Crippen LogP contribution is -2.14. The molecule has 2 aromatic heterocycles. The summed E-state index contributed by atoms with van der Waals surface area (Å²) < 4.78 is 22.0. The van der Waals surface area contributed by atoms with Crippen molar-refractivity contribution in [2.75, 3.05) is 6.61 Å². The van der Waals surface area contributed by atoms with E-state index in [2.05, 4.69) is 19.8 Å². The zero-order valence-electron chi connectivity index (χ0n) is 21.4. The summed E-state index contributed by atoms with van der Waals surface area (Å²) in [7, 11) is 1.72. The van der Waals surface area contributed by atoms with E-state index in [-0.39, 0.29) is 24.1 Å². The van der Waals surface area contributed by atoms with Crippen molar-refractivity contribution in [3.8, 4) is 22.9 Å². The molecule has 0 N–H and O–H groups in total. The summed E-state index contributed by atoms with van der Waals surface area (Å²) in [5.74, 6) is 0.661. The number of rotatable bonds is 9. The van der Waals surface area contributed by atoms with Gasteiger partial charge >= 0.3 is 6.16 Å². The third-order valence-electron chi connectivity index (χ3n) is 5.63. The Morgan fingerprint density at radius 1 is 1.21 bits per heavy atom.